The molecule has 0 radical (unpaired) electrons. The molecule has 0 aromatic heterocycles. The van der Waals surface area contributed by atoms with E-state index < -0.39 is 11.4 Å². The van der Waals surface area contributed by atoms with Crippen LogP contribution < -0.4 is 5.73 Å². The van der Waals surface area contributed by atoms with E-state index in [1.54, 1.807) is 0 Å². The highest BCUT2D eigenvalue weighted by molar-refractivity contribution is 5.77. The normalized spacial score (nSPS) is 19.4. The van der Waals surface area contributed by atoms with Crippen LogP contribution in [-0.2, 0) is 4.79 Å². The fourth-order valence-electron chi connectivity index (χ4n) is 2.90. The molecule has 1 atom stereocenters. The molecule has 1 aromatic carbocycles. The van der Waals surface area contributed by atoms with Gasteiger partial charge in [-0.2, -0.15) is 0 Å². The smallest absolute Gasteiger partial charge is 0.310 e. The summed E-state index contributed by atoms with van der Waals surface area (Å²) in [6.07, 6.45) is 2.49. The van der Waals surface area contributed by atoms with Gasteiger partial charge in [-0.05, 0) is 30.9 Å². The van der Waals surface area contributed by atoms with Crippen molar-refractivity contribution in [3.8, 4) is 0 Å². The number of rotatable bonds is 4. The zero-order chi connectivity index (χ0) is 12.5. The van der Waals surface area contributed by atoms with Gasteiger partial charge < -0.3 is 10.8 Å². The minimum absolute atomic E-state index is 0.0602. The molecule has 92 valence electrons. The van der Waals surface area contributed by atoms with Crippen LogP contribution >= 0.6 is 0 Å². The molecule has 1 unspecified atom stereocenters. The molecule has 0 bridgehead atoms. The molecule has 3 nitrogen and oxygen atoms in total. The molecule has 1 aliphatic carbocycles. The number of aryl methyl sites for hydroxylation is 1. The maximum atomic E-state index is 11.5. The van der Waals surface area contributed by atoms with E-state index in [9.17, 15) is 9.90 Å². The van der Waals surface area contributed by atoms with Crippen LogP contribution in [0.4, 0.5) is 0 Å². The van der Waals surface area contributed by atoms with Gasteiger partial charge in [0.15, 0.2) is 0 Å². The fourth-order valence-corrected chi connectivity index (χ4v) is 2.90. The average Bonchev–Trinajstić information content (AvgIpc) is 2.24. The number of aliphatic carboxylic acids is 1. The Kier molecular flexibility index (Phi) is 3.20. The van der Waals surface area contributed by atoms with Crippen LogP contribution in [0.2, 0.25) is 0 Å². The third kappa shape index (κ3) is 1.84. The average molecular weight is 233 g/mol. The molecule has 0 amide bonds. The second kappa shape index (κ2) is 4.49. The lowest BCUT2D eigenvalue weighted by Gasteiger charge is -2.44. The van der Waals surface area contributed by atoms with Crippen LogP contribution in [0.15, 0.2) is 24.3 Å². The van der Waals surface area contributed by atoms with Crippen LogP contribution in [0, 0.1) is 12.3 Å². The Hall–Kier alpha value is -1.35. The van der Waals surface area contributed by atoms with E-state index in [0.29, 0.717) is 6.54 Å². The van der Waals surface area contributed by atoms with E-state index in [2.05, 4.69) is 0 Å². The van der Waals surface area contributed by atoms with Crippen molar-refractivity contribution in [3.05, 3.63) is 35.4 Å². The molecule has 0 spiro atoms. The zero-order valence-electron chi connectivity index (χ0n) is 10.1. The highest BCUT2D eigenvalue weighted by atomic mass is 16.4. The summed E-state index contributed by atoms with van der Waals surface area (Å²) in [6.45, 7) is 2.42. The van der Waals surface area contributed by atoms with E-state index in [1.165, 1.54) is 0 Å². The number of hydrogen-bond acceptors (Lipinski definition) is 2. The molecule has 1 fully saturated rings. The van der Waals surface area contributed by atoms with Crippen LogP contribution in [0.1, 0.15) is 36.3 Å². The van der Waals surface area contributed by atoms with E-state index >= 15 is 0 Å². The SMILES string of the molecule is Cc1ccccc1C(CN)C1(C(=O)O)CCC1. The lowest BCUT2D eigenvalue weighted by molar-refractivity contribution is -0.156. The maximum Gasteiger partial charge on any atom is 0.310 e. The Morgan fingerprint density at radius 3 is 2.53 bits per heavy atom. The first-order chi connectivity index (χ1) is 8.12. The molecule has 3 heteroatoms. The van der Waals surface area contributed by atoms with Gasteiger partial charge in [0.25, 0.3) is 0 Å². The van der Waals surface area contributed by atoms with Crippen LogP contribution in [0.3, 0.4) is 0 Å². The summed E-state index contributed by atoms with van der Waals surface area (Å²) < 4.78 is 0. The first kappa shape index (κ1) is 12.1. The van der Waals surface area contributed by atoms with Crippen LogP contribution in [0.5, 0.6) is 0 Å². The summed E-state index contributed by atoms with van der Waals surface area (Å²) in [5.41, 5.74) is 7.45. The molecule has 0 aliphatic heterocycles. The molecule has 0 saturated heterocycles. The molecule has 3 N–H and O–H groups in total. The number of carbonyl (C=O) groups is 1. The lowest BCUT2D eigenvalue weighted by atomic mass is 9.59. The highest BCUT2D eigenvalue weighted by Gasteiger charge is 2.50. The van der Waals surface area contributed by atoms with Gasteiger partial charge in [0.2, 0.25) is 0 Å². The lowest BCUT2D eigenvalue weighted by Crippen LogP contribution is -2.46. The highest BCUT2D eigenvalue weighted by Crippen LogP contribution is 2.51. The van der Waals surface area contributed by atoms with Crippen molar-refractivity contribution in [2.75, 3.05) is 6.54 Å². The molecular weight excluding hydrogens is 214 g/mol. The summed E-state index contributed by atoms with van der Waals surface area (Å²) in [6, 6.07) is 7.96. The van der Waals surface area contributed by atoms with E-state index in [0.717, 1.165) is 30.4 Å². The third-order valence-corrected chi connectivity index (χ3v) is 4.14. The van der Waals surface area contributed by atoms with Gasteiger partial charge >= 0.3 is 5.97 Å². The fraction of sp³-hybridized carbons (Fsp3) is 0.500. The predicted octanol–water partition coefficient (Wildman–Crippen LogP) is 2.29. The number of benzene rings is 1. The standard InChI is InChI=1S/C14H19NO2/c1-10-5-2-3-6-11(10)12(9-15)14(13(16)17)7-4-8-14/h2-3,5-6,12H,4,7-9,15H2,1H3,(H,16,17). The van der Waals surface area contributed by atoms with Gasteiger partial charge in [-0.15, -0.1) is 0 Å². The first-order valence-electron chi connectivity index (χ1n) is 6.11. The van der Waals surface area contributed by atoms with Crippen molar-refractivity contribution in [1.29, 1.82) is 0 Å². The van der Waals surface area contributed by atoms with E-state index in [-0.39, 0.29) is 5.92 Å². The Morgan fingerprint density at radius 2 is 2.12 bits per heavy atom. The Bertz CT molecular complexity index is 424. The van der Waals surface area contributed by atoms with Crippen molar-refractivity contribution >= 4 is 5.97 Å². The summed E-state index contributed by atoms with van der Waals surface area (Å²) >= 11 is 0. The first-order valence-corrected chi connectivity index (χ1v) is 6.11. The zero-order valence-corrected chi connectivity index (χ0v) is 10.1. The quantitative estimate of drug-likeness (QED) is 0.838. The number of carboxylic acid groups (broad SMARTS) is 1. The Balaban J connectivity index is 2.40. The van der Waals surface area contributed by atoms with E-state index in [4.69, 9.17) is 5.73 Å². The molecule has 2 rings (SSSR count). The van der Waals surface area contributed by atoms with Gasteiger partial charge in [-0.1, -0.05) is 30.7 Å². The second-order valence-corrected chi connectivity index (χ2v) is 4.96. The van der Waals surface area contributed by atoms with Crippen LogP contribution in [-0.4, -0.2) is 17.6 Å². The molecule has 1 aromatic rings. The summed E-state index contributed by atoms with van der Waals surface area (Å²) in [5.74, 6) is -0.752. The van der Waals surface area contributed by atoms with Gasteiger partial charge in [-0.25, -0.2) is 0 Å². The van der Waals surface area contributed by atoms with Crippen molar-refractivity contribution in [1.82, 2.24) is 0 Å². The van der Waals surface area contributed by atoms with Gasteiger partial charge in [0.1, 0.15) is 0 Å². The molecule has 0 heterocycles. The second-order valence-electron chi connectivity index (χ2n) is 4.96. The van der Waals surface area contributed by atoms with Gasteiger partial charge in [-0.3, -0.25) is 4.79 Å². The summed E-state index contributed by atoms with van der Waals surface area (Å²) in [7, 11) is 0. The predicted molar refractivity (Wildman–Crippen MR) is 66.9 cm³/mol. The Labute approximate surface area is 102 Å². The Morgan fingerprint density at radius 1 is 1.47 bits per heavy atom. The number of carboxylic acids is 1. The summed E-state index contributed by atoms with van der Waals surface area (Å²) in [5, 5.41) is 9.48. The minimum atomic E-state index is -0.692. The monoisotopic (exact) mass is 233 g/mol. The van der Waals surface area contributed by atoms with Gasteiger partial charge in [0.05, 0.1) is 5.41 Å². The molecular formula is C14H19NO2. The third-order valence-electron chi connectivity index (χ3n) is 4.14. The minimum Gasteiger partial charge on any atom is -0.481 e. The van der Waals surface area contributed by atoms with Crippen LogP contribution in [0.25, 0.3) is 0 Å². The van der Waals surface area contributed by atoms with Crippen molar-refractivity contribution in [3.63, 3.8) is 0 Å². The molecule has 1 saturated carbocycles. The maximum absolute atomic E-state index is 11.5. The van der Waals surface area contributed by atoms with Crippen molar-refractivity contribution in [2.45, 2.75) is 32.1 Å². The topological polar surface area (TPSA) is 63.3 Å². The van der Waals surface area contributed by atoms with Gasteiger partial charge in [0, 0.05) is 12.5 Å². The largest absolute Gasteiger partial charge is 0.481 e. The van der Waals surface area contributed by atoms with Crippen molar-refractivity contribution < 1.29 is 9.90 Å². The summed E-state index contributed by atoms with van der Waals surface area (Å²) in [4.78, 5) is 11.5. The number of hydrogen-bond donors (Lipinski definition) is 2. The van der Waals surface area contributed by atoms with Crippen molar-refractivity contribution in [2.24, 2.45) is 11.1 Å². The molecule has 17 heavy (non-hydrogen) atoms. The molecule has 1 aliphatic rings. The number of nitrogens with two attached hydrogens (primary N) is 1. The van der Waals surface area contributed by atoms with E-state index in [1.807, 2.05) is 31.2 Å².